The number of aryl methyl sites for hydroxylation is 1. The lowest BCUT2D eigenvalue weighted by molar-refractivity contribution is 0.532. The van der Waals surface area contributed by atoms with Crippen LogP contribution in [0.4, 0.5) is 5.69 Å². The molecule has 0 atom stereocenters. The first-order valence-electron chi connectivity index (χ1n) is 7.05. The Bertz CT molecular complexity index is 709. The molecule has 3 rings (SSSR count). The Balaban J connectivity index is 1.73. The average Bonchev–Trinajstić information content (AvgIpc) is 3.27. The van der Waals surface area contributed by atoms with E-state index in [9.17, 15) is 4.79 Å². The lowest BCUT2D eigenvalue weighted by atomic mass is 10.3. The fourth-order valence-corrected chi connectivity index (χ4v) is 2.59. The Morgan fingerprint density at radius 2 is 2.24 bits per heavy atom. The van der Waals surface area contributed by atoms with Gasteiger partial charge in [0.05, 0.1) is 24.1 Å². The third kappa shape index (κ3) is 3.50. The molecule has 1 aliphatic rings. The minimum Gasteiger partial charge on any atom is -0.377 e. The van der Waals surface area contributed by atoms with Crippen molar-refractivity contribution in [1.29, 1.82) is 0 Å². The molecule has 21 heavy (non-hydrogen) atoms. The maximum atomic E-state index is 12.2. The third-order valence-electron chi connectivity index (χ3n) is 3.52. The fraction of sp³-hybridized carbons (Fsp3) is 0.400. The smallest absolute Gasteiger partial charge is 0.283 e. The molecule has 5 nitrogen and oxygen atoms in total. The topological polar surface area (TPSA) is 59.8 Å². The molecule has 2 heterocycles. The van der Waals surface area contributed by atoms with E-state index in [0.29, 0.717) is 22.6 Å². The molecule has 1 fully saturated rings. The van der Waals surface area contributed by atoms with Gasteiger partial charge in [-0.2, -0.15) is 5.10 Å². The van der Waals surface area contributed by atoms with Crippen molar-refractivity contribution in [1.82, 2.24) is 14.8 Å². The van der Waals surface area contributed by atoms with Crippen molar-refractivity contribution in [2.75, 3.05) is 5.32 Å². The van der Waals surface area contributed by atoms with E-state index in [4.69, 9.17) is 0 Å². The number of anilines is 1. The summed E-state index contributed by atoms with van der Waals surface area (Å²) >= 11 is 3.37. The molecule has 0 unspecified atom stereocenters. The van der Waals surface area contributed by atoms with Crippen molar-refractivity contribution in [3.63, 3.8) is 0 Å². The first-order valence-corrected chi connectivity index (χ1v) is 7.85. The van der Waals surface area contributed by atoms with Crippen LogP contribution < -0.4 is 10.9 Å². The van der Waals surface area contributed by atoms with E-state index in [1.807, 2.05) is 25.1 Å². The molecule has 0 spiro atoms. The summed E-state index contributed by atoms with van der Waals surface area (Å²) in [5, 5.41) is 7.45. The standard InChI is InChI=1S/C15H17BrN4O/c1-10-3-2-4-12(19-10)7-17-13-8-18-20(9-11-5-6-11)15(21)14(13)16/h2-4,8,11,17H,5-7,9H2,1H3. The number of pyridine rings is 1. The van der Waals surface area contributed by atoms with Gasteiger partial charge in [0.1, 0.15) is 4.47 Å². The molecule has 6 heteroatoms. The average molecular weight is 349 g/mol. The molecule has 2 aromatic heterocycles. The van der Waals surface area contributed by atoms with Gasteiger partial charge in [-0.05, 0) is 53.7 Å². The van der Waals surface area contributed by atoms with Crippen LogP contribution in [0.25, 0.3) is 0 Å². The van der Waals surface area contributed by atoms with E-state index in [1.165, 1.54) is 17.5 Å². The molecule has 0 bridgehead atoms. The summed E-state index contributed by atoms with van der Waals surface area (Å²) in [6.45, 7) is 3.24. The van der Waals surface area contributed by atoms with Gasteiger partial charge in [-0.1, -0.05) is 6.07 Å². The number of aromatic nitrogens is 3. The van der Waals surface area contributed by atoms with Gasteiger partial charge in [0.2, 0.25) is 0 Å². The van der Waals surface area contributed by atoms with Crippen molar-refractivity contribution >= 4 is 21.6 Å². The van der Waals surface area contributed by atoms with Gasteiger partial charge < -0.3 is 5.32 Å². The molecule has 0 radical (unpaired) electrons. The van der Waals surface area contributed by atoms with Gasteiger partial charge >= 0.3 is 0 Å². The molecule has 0 aliphatic heterocycles. The summed E-state index contributed by atoms with van der Waals surface area (Å²) in [7, 11) is 0. The van der Waals surface area contributed by atoms with Gasteiger partial charge in [-0.15, -0.1) is 0 Å². The maximum Gasteiger partial charge on any atom is 0.283 e. The number of halogens is 1. The van der Waals surface area contributed by atoms with Gasteiger partial charge in [0.15, 0.2) is 0 Å². The van der Waals surface area contributed by atoms with Crippen molar-refractivity contribution in [2.24, 2.45) is 5.92 Å². The van der Waals surface area contributed by atoms with E-state index in [1.54, 1.807) is 6.20 Å². The van der Waals surface area contributed by atoms with Crippen LogP contribution in [-0.2, 0) is 13.1 Å². The predicted octanol–water partition coefficient (Wildman–Crippen LogP) is 2.73. The molecule has 2 aromatic rings. The molecule has 0 amide bonds. The SMILES string of the molecule is Cc1cccc(CNc2cnn(CC3CC3)c(=O)c2Br)n1. The highest BCUT2D eigenvalue weighted by molar-refractivity contribution is 9.10. The summed E-state index contributed by atoms with van der Waals surface area (Å²) in [6.07, 6.45) is 4.10. The highest BCUT2D eigenvalue weighted by Crippen LogP contribution is 2.30. The number of hydrogen-bond acceptors (Lipinski definition) is 4. The van der Waals surface area contributed by atoms with Crippen LogP contribution in [0.15, 0.2) is 33.7 Å². The molecular weight excluding hydrogens is 332 g/mol. The van der Waals surface area contributed by atoms with Gasteiger partial charge in [0.25, 0.3) is 5.56 Å². The summed E-state index contributed by atoms with van der Waals surface area (Å²) < 4.78 is 2.07. The largest absolute Gasteiger partial charge is 0.377 e. The zero-order chi connectivity index (χ0) is 14.8. The quantitative estimate of drug-likeness (QED) is 0.902. The Kier molecular flexibility index (Phi) is 4.05. The summed E-state index contributed by atoms with van der Waals surface area (Å²) in [6, 6.07) is 5.88. The van der Waals surface area contributed by atoms with Crippen LogP contribution in [0.3, 0.4) is 0 Å². The monoisotopic (exact) mass is 348 g/mol. The van der Waals surface area contributed by atoms with Crippen molar-refractivity contribution < 1.29 is 0 Å². The van der Waals surface area contributed by atoms with Crippen LogP contribution in [0, 0.1) is 12.8 Å². The number of nitrogens with one attached hydrogen (secondary N) is 1. The van der Waals surface area contributed by atoms with E-state index in [0.717, 1.165) is 17.9 Å². The lowest BCUT2D eigenvalue weighted by Gasteiger charge is -2.10. The molecule has 0 saturated heterocycles. The van der Waals surface area contributed by atoms with Gasteiger partial charge in [-0.3, -0.25) is 9.78 Å². The number of rotatable bonds is 5. The zero-order valence-electron chi connectivity index (χ0n) is 11.8. The van der Waals surface area contributed by atoms with Crippen LogP contribution in [-0.4, -0.2) is 14.8 Å². The van der Waals surface area contributed by atoms with Crippen molar-refractivity contribution in [3.05, 3.63) is 50.6 Å². The molecule has 1 N–H and O–H groups in total. The highest BCUT2D eigenvalue weighted by Gasteiger charge is 2.23. The Morgan fingerprint density at radius 1 is 1.43 bits per heavy atom. The first kappa shape index (κ1) is 14.3. The van der Waals surface area contributed by atoms with Crippen LogP contribution in [0.1, 0.15) is 24.2 Å². The lowest BCUT2D eigenvalue weighted by Crippen LogP contribution is -2.25. The van der Waals surface area contributed by atoms with E-state index >= 15 is 0 Å². The minimum absolute atomic E-state index is 0.0795. The summed E-state index contributed by atoms with van der Waals surface area (Å²) in [5.74, 6) is 0.623. The molecule has 0 aromatic carbocycles. The maximum absolute atomic E-state index is 12.2. The predicted molar refractivity (Wildman–Crippen MR) is 85.2 cm³/mol. The Hall–Kier alpha value is -1.69. The van der Waals surface area contributed by atoms with E-state index < -0.39 is 0 Å². The Labute approximate surface area is 131 Å². The van der Waals surface area contributed by atoms with Gasteiger partial charge in [-0.25, -0.2) is 4.68 Å². The van der Waals surface area contributed by atoms with E-state index in [-0.39, 0.29) is 5.56 Å². The van der Waals surface area contributed by atoms with Crippen molar-refractivity contribution in [2.45, 2.75) is 32.9 Å². The summed E-state index contributed by atoms with van der Waals surface area (Å²) in [4.78, 5) is 16.6. The fourth-order valence-electron chi connectivity index (χ4n) is 2.15. The van der Waals surface area contributed by atoms with Gasteiger partial charge in [0, 0.05) is 12.2 Å². The Morgan fingerprint density at radius 3 is 2.95 bits per heavy atom. The number of hydrogen-bond donors (Lipinski definition) is 1. The minimum atomic E-state index is -0.0795. The zero-order valence-corrected chi connectivity index (χ0v) is 13.4. The first-order chi connectivity index (χ1) is 10.1. The second-order valence-corrected chi connectivity index (χ2v) is 6.22. The second kappa shape index (κ2) is 5.97. The molecule has 110 valence electrons. The second-order valence-electron chi connectivity index (χ2n) is 5.43. The molecule has 1 aliphatic carbocycles. The third-order valence-corrected chi connectivity index (χ3v) is 4.29. The molecule has 1 saturated carbocycles. The number of nitrogens with zero attached hydrogens (tertiary/aromatic N) is 3. The van der Waals surface area contributed by atoms with E-state index in [2.05, 4.69) is 31.3 Å². The molecular formula is C15H17BrN4O. The van der Waals surface area contributed by atoms with Crippen LogP contribution in [0.5, 0.6) is 0 Å². The van der Waals surface area contributed by atoms with Crippen LogP contribution in [0.2, 0.25) is 0 Å². The highest BCUT2D eigenvalue weighted by atomic mass is 79.9. The summed E-state index contributed by atoms with van der Waals surface area (Å²) in [5.41, 5.74) is 2.54. The normalized spacial score (nSPS) is 14.2. The van der Waals surface area contributed by atoms with Crippen LogP contribution >= 0.6 is 15.9 Å². The van der Waals surface area contributed by atoms with Crippen molar-refractivity contribution in [3.8, 4) is 0 Å².